The lowest BCUT2D eigenvalue weighted by molar-refractivity contribution is -0.127. The minimum Gasteiger partial charge on any atom is -0.494 e. The van der Waals surface area contributed by atoms with E-state index in [1.54, 1.807) is 0 Å². The van der Waals surface area contributed by atoms with E-state index in [1.165, 1.54) is 12.0 Å². The number of carbonyl (C=O) groups is 1. The second-order valence-electron chi connectivity index (χ2n) is 5.98. The molecule has 0 unspecified atom stereocenters. The first kappa shape index (κ1) is 14.2. The van der Waals surface area contributed by atoms with Crippen LogP contribution in [0.15, 0.2) is 12.1 Å². The zero-order valence-corrected chi connectivity index (χ0v) is 12.8. The lowest BCUT2D eigenvalue weighted by atomic mass is 9.85. The zero-order chi connectivity index (χ0) is 14.8. The Balaban J connectivity index is 1.73. The predicted molar refractivity (Wildman–Crippen MR) is 80.6 cm³/mol. The molecule has 1 amide bonds. The summed E-state index contributed by atoms with van der Waals surface area (Å²) in [5.74, 6) is 2.17. The molecule has 4 nitrogen and oxygen atoms in total. The van der Waals surface area contributed by atoms with Crippen LogP contribution < -0.4 is 14.8 Å². The van der Waals surface area contributed by atoms with Gasteiger partial charge in [0.2, 0.25) is 5.91 Å². The summed E-state index contributed by atoms with van der Waals surface area (Å²) >= 11 is 0. The summed E-state index contributed by atoms with van der Waals surface area (Å²) in [7, 11) is 0. The van der Waals surface area contributed by atoms with Crippen LogP contribution in [0.3, 0.4) is 0 Å². The van der Waals surface area contributed by atoms with Gasteiger partial charge in [0.05, 0.1) is 6.61 Å². The molecule has 1 atom stereocenters. The van der Waals surface area contributed by atoms with E-state index < -0.39 is 0 Å². The molecule has 1 heterocycles. The maximum atomic E-state index is 12.0. The molecular weight excluding hydrogens is 266 g/mol. The van der Waals surface area contributed by atoms with E-state index in [9.17, 15) is 4.79 Å². The number of hydrogen-bond acceptors (Lipinski definition) is 3. The topological polar surface area (TPSA) is 47.6 Å². The Morgan fingerprint density at radius 2 is 2.24 bits per heavy atom. The molecule has 1 fully saturated rings. The smallest absolute Gasteiger partial charge is 0.223 e. The van der Waals surface area contributed by atoms with Gasteiger partial charge in [-0.05, 0) is 38.8 Å². The SMILES string of the molecule is CCOc1cc2c(cc1CNC(=O)C1CCC1)O[C@@H](C)C2. The van der Waals surface area contributed by atoms with Gasteiger partial charge in [-0.2, -0.15) is 0 Å². The van der Waals surface area contributed by atoms with Crippen molar-refractivity contribution in [3.05, 3.63) is 23.3 Å². The van der Waals surface area contributed by atoms with Crippen LogP contribution in [0.4, 0.5) is 0 Å². The second-order valence-corrected chi connectivity index (χ2v) is 5.98. The third-order valence-corrected chi connectivity index (χ3v) is 4.31. The van der Waals surface area contributed by atoms with Gasteiger partial charge in [0, 0.05) is 30.0 Å². The summed E-state index contributed by atoms with van der Waals surface area (Å²) in [4.78, 5) is 12.0. The van der Waals surface area contributed by atoms with Crippen LogP contribution in [-0.2, 0) is 17.8 Å². The fourth-order valence-corrected chi connectivity index (χ4v) is 2.91. The molecule has 1 aliphatic carbocycles. The number of hydrogen-bond donors (Lipinski definition) is 1. The monoisotopic (exact) mass is 289 g/mol. The maximum Gasteiger partial charge on any atom is 0.223 e. The highest BCUT2D eigenvalue weighted by atomic mass is 16.5. The molecule has 0 aromatic heterocycles. The van der Waals surface area contributed by atoms with Crippen molar-refractivity contribution in [2.45, 2.75) is 52.2 Å². The summed E-state index contributed by atoms with van der Waals surface area (Å²) in [5.41, 5.74) is 2.19. The Kier molecular flexibility index (Phi) is 4.04. The van der Waals surface area contributed by atoms with Crippen LogP contribution in [0.25, 0.3) is 0 Å². The van der Waals surface area contributed by atoms with Crippen LogP contribution in [-0.4, -0.2) is 18.6 Å². The molecule has 1 saturated carbocycles. The number of carbonyl (C=O) groups excluding carboxylic acids is 1. The highest BCUT2D eigenvalue weighted by Crippen LogP contribution is 2.35. The zero-order valence-electron chi connectivity index (χ0n) is 12.8. The largest absolute Gasteiger partial charge is 0.494 e. The van der Waals surface area contributed by atoms with Gasteiger partial charge in [-0.3, -0.25) is 4.79 Å². The van der Waals surface area contributed by atoms with Crippen LogP contribution in [0.5, 0.6) is 11.5 Å². The molecular formula is C17H23NO3. The third-order valence-electron chi connectivity index (χ3n) is 4.31. The molecule has 21 heavy (non-hydrogen) atoms. The van der Waals surface area contributed by atoms with Gasteiger partial charge in [0.1, 0.15) is 17.6 Å². The summed E-state index contributed by atoms with van der Waals surface area (Å²) in [6.07, 6.45) is 4.36. The van der Waals surface area contributed by atoms with Crippen molar-refractivity contribution in [1.82, 2.24) is 5.32 Å². The molecule has 114 valence electrons. The number of nitrogens with one attached hydrogen (secondary N) is 1. The van der Waals surface area contributed by atoms with Crippen LogP contribution in [0, 0.1) is 5.92 Å². The Bertz CT molecular complexity index is 537. The van der Waals surface area contributed by atoms with Crippen molar-refractivity contribution in [2.75, 3.05) is 6.61 Å². The first-order valence-electron chi connectivity index (χ1n) is 7.90. The number of amides is 1. The van der Waals surface area contributed by atoms with E-state index in [2.05, 4.69) is 18.3 Å². The van der Waals surface area contributed by atoms with Crippen LogP contribution >= 0.6 is 0 Å². The van der Waals surface area contributed by atoms with Gasteiger partial charge in [0.15, 0.2) is 0 Å². The van der Waals surface area contributed by atoms with Gasteiger partial charge in [-0.25, -0.2) is 0 Å². The second kappa shape index (κ2) is 5.96. The molecule has 3 rings (SSSR count). The molecule has 0 bridgehead atoms. The maximum absolute atomic E-state index is 12.0. The Morgan fingerprint density at radius 3 is 2.90 bits per heavy atom. The molecule has 1 aromatic rings. The standard InChI is InChI=1S/C17H23NO3/c1-3-20-15-8-13-7-11(2)21-16(13)9-14(15)10-18-17(19)12-5-4-6-12/h8-9,11-12H,3-7,10H2,1-2H3,(H,18,19)/t11-/m0/s1. The van der Waals surface area contributed by atoms with Crippen molar-refractivity contribution in [3.8, 4) is 11.5 Å². The molecule has 1 N–H and O–H groups in total. The minimum atomic E-state index is 0.165. The summed E-state index contributed by atoms with van der Waals surface area (Å²) < 4.78 is 11.5. The average molecular weight is 289 g/mol. The molecule has 0 saturated heterocycles. The molecule has 1 aliphatic heterocycles. The van der Waals surface area contributed by atoms with E-state index in [0.29, 0.717) is 13.2 Å². The molecule has 0 radical (unpaired) electrons. The molecule has 2 aliphatic rings. The minimum absolute atomic E-state index is 0.165. The van der Waals surface area contributed by atoms with E-state index in [1.807, 2.05) is 13.0 Å². The lowest BCUT2D eigenvalue weighted by Gasteiger charge is -2.24. The highest BCUT2D eigenvalue weighted by Gasteiger charge is 2.26. The van der Waals surface area contributed by atoms with Crippen molar-refractivity contribution in [1.29, 1.82) is 0 Å². The van der Waals surface area contributed by atoms with Gasteiger partial charge < -0.3 is 14.8 Å². The van der Waals surface area contributed by atoms with Crippen molar-refractivity contribution in [2.24, 2.45) is 5.92 Å². The van der Waals surface area contributed by atoms with Gasteiger partial charge >= 0.3 is 0 Å². The van der Waals surface area contributed by atoms with Crippen molar-refractivity contribution in [3.63, 3.8) is 0 Å². The van der Waals surface area contributed by atoms with E-state index >= 15 is 0 Å². The molecule has 4 heteroatoms. The van der Waals surface area contributed by atoms with Gasteiger partial charge in [-0.15, -0.1) is 0 Å². The van der Waals surface area contributed by atoms with E-state index in [4.69, 9.17) is 9.47 Å². The lowest BCUT2D eigenvalue weighted by Crippen LogP contribution is -2.34. The third kappa shape index (κ3) is 2.99. The summed E-state index contributed by atoms with van der Waals surface area (Å²) in [6, 6.07) is 4.08. The van der Waals surface area contributed by atoms with Crippen molar-refractivity contribution < 1.29 is 14.3 Å². The number of benzene rings is 1. The summed E-state index contributed by atoms with van der Waals surface area (Å²) in [5, 5.41) is 3.03. The highest BCUT2D eigenvalue weighted by molar-refractivity contribution is 5.79. The predicted octanol–water partition coefficient (Wildman–Crippen LogP) is 2.83. The fourth-order valence-electron chi connectivity index (χ4n) is 2.91. The number of rotatable bonds is 5. The Morgan fingerprint density at radius 1 is 1.43 bits per heavy atom. The van der Waals surface area contributed by atoms with Crippen LogP contribution in [0.2, 0.25) is 0 Å². The molecule has 0 spiro atoms. The van der Waals surface area contributed by atoms with E-state index in [0.717, 1.165) is 36.3 Å². The van der Waals surface area contributed by atoms with Gasteiger partial charge in [-0.1, -0.05) is 6.42 Å². The average Bonchev–Trinajstić information content (AvgIpc) is 2.73. The number of ether oxygens (including phenoxy) is 2. The quantitative estimate of drug-likeness (QED) is 0.906. The van der Waals surface area contributed by atoms with Crippen LogP contribution in [0.1, 0.15) is 44.2 Å². The van der Waals surface area contributed by atoms with Crippen molar-refractivity contribution >= 4 is 5.91 Å². The van der Waals surface area contributed by atoms with E-state index in [-0.39, 0.29) is 17.9 Å². The Hall–Kier alpha value is -1.71. The summed E-state index contributed by atoms with van der Waals surface area (Å²) in [6.45, 7) is 5.18. The first-order valence-corrected chi connectivity index (χ1v) is 7.90. The Labute approximate surface area is 125 Å². The fraction of sp³-hybridized carbons (Fsp3) is 0.588. The number of fused-ring (bicyclic) bond motifs is 1. The van der Waals surface area contributed by atoms with Gasteiger partial charge in [0.25, 0.3) is 0 Å². The first-order chi connectivity index (χ1) is 10.2. The molecule has 1 aromatic carbocycles. The normalized spacial score (nSPS) is 20.4.